The second-order valence-corrected chi connectivity index (χ2v) is 6.05. The number of hydrogen-bond donors (Lipinski definition) is 1. The molecule has 0 bridgehead atoms. The number of allylic oxidation sites excluding steroid dienone is 3. The third-order valence-corrected chi connectivity index (χ3v) is 4.96. The molecule has 3 aliphatic rings. The van der Waals surface area contributed by atoms with E-state index in [0.29, 0.717) is 6.04 Å². The molecule has 1 aromatic carbocycles. The summed E-state index contributed by atoms with van der Waals surface area (Å²) in [5, 5.41) is 3.70. The SMILES string of the molecule is COc1cc2c(cc1OC)C1=C3CC=CC=C3CNC1CC2. The minimum absolute atomic E-state index is 0.462. The van der Waals surface area contributed by atoms with Crippen molar-refractivity contribution in [1.29, 1.82) is 0 Å². The van der Waals surface area contributed by atoms with Crippen molar-refractivity contribution < 1.29 is 9.47 Å². The lowest BCUT2D eigenvalue weighted by Gasteiger charge is -2.37. The Kier molecular flexibility index (Phi) is 3.30. The van der Waals surface area contributed by atoms with Crippen LogP contribution in [0.1, 0.15) is 24.0 Å². The number of hydrogen-bond acceptors (Lipinski definition) is 3. The molecule has 0 saturated carbocycles. The van der Waals surface area contributed by atoms with Crippen LogP contribution in [0.5, 0.6) is 11.5 Å². The van der Waals surface area contributed by atoms with Gasteiger partial charge in [0.2, 0.25) is 0 Å². The lowest BCUT2D eigenvalue weighted by Crippen LogP contribution is -2.39. The highest BCUT2D eigenvalue weighted by Gasteiger charge is 2.32. The van der Waals surface area contributed by atoms with Gasteiger partial charge in [0, 0.05) is 12.6 Å². The second kappa shape index (κ2) is 5.33. The quantitative estimate of drug-likeness (QED) is 0.908. The van der Waals surface area contributed by atoms with Gasteiger partial charge in [0.05, 0.1) is 14.2 Å². The first-order valence-electron chi connectivity index (χ1n) is 7.89. The largest absolute Gasteiger partial charge is 0.493 e. The van der Waals surface area contributed by atoms with Gasteiger partial charge in [0.1, 0.15) is 0 Å². The highest BCUT2D eigenvalue weighted by atomic mass is 16.5. The van der Waals surface area contributed by atoms with E-state index in [1.54, 1.807) is 14.2 Å². The Hall–Kier alpha value is -2.00. The summed E-state index contributed by atoms with van der Waals surface area (Å²) >= 11 is 0. The van der Waals surface area contributed by atoms with E-state index in [9.17, 15) is 0 Å². The van der Waals surface area contributed by atoms with Gasteiger partial charge in [-0.05, 0) is 59.2 Å². The predicted octanol–water partition coefficient (Wildman–Crippen LogP) is 3.26. The molecule has 1 atom stereocenters. The molecule has 1 aromatic rings. The number of methoxy groups -OCH3 is 2. The molecular formula is C19H21NO2. The third kappa shape index (κ3) is 2.00. The number of aryl methyl sites for hydroxylation is 1. The van der Waals surface area contributed by atoms with Gasteiger partial charge in [-0.15, -0.1) is 0 Å². The Morgan fingerprint density at radius 3 is 2.77 bits per heavy atom. The molecule has 3 heteroatoms. The zero-order valence-electron chi connectivity index (χ0n) is 13.1. The van der Waals surface area contributed by atoms with E-state index in [0.717, 1.165) is 37.3 Å². The molecule has 1 N–H and O–H groups in total. The number of ether oxygens (including phenoxy) is 2. The maximum absolute atomic E-state index is 5.52. The van der Waals surface area contributed by atoms with E-state index >= 15 is 0 Å². The molecule has 0 radical (unpaired) electrons. The summed E-state index contributed by atoms with van der Waals surface area (Å²) in [6.45, 7) is 0.983. The van der Waals surface area contributed by atoms with Gasteiger partial charge in [-0.1, -0.05) is 18.2 Å². The number of benzene rings is 1. The van der Waals surface area contributed by atoms with E-state index < -0.39 is 0 Å². The second-order valence-electron chi connectivity index (χ2n) is 6.05. The van der Waals surface area contributed by atoms with Crippen molar-refractivity contribution in [2.75, 3.05) is 20.8 Å². The monoisotopic (exact) mass is 295 g/mol. The standard InChI is InChI=1S/C19H21NO2/c1-21-17-9-12-7-8-16-19(15(12)10-18(17)22-2)14-6-4-3-5-13(14)11-20-16/h3-5,9-10,16,20H,6-8,11H2,1-2H3. The van der Waals surface area contributed by atoms with E-state index in [1.807, 2.05) is 0 Å². The van der Waals surface area contributed by atoms with Crippen LogP contribution in [0.15, 0.2) is 41.5 Å². The van der Waals surface area contributed by atoms with Crippen molar-refractivity contribution >= 4 is 5.57 Å². The molecule has 3 nitrogen and oxygen atoms in total. The molecule has 1 unspecified atom stereocenters. The highest BCUT2D eigenvalue weighted by molar-refractivity contribution is 5.82. The highest BCUT2D eigenvalue weighted by Crippen LogP contribution is 2.43. The summed E-state index contributed by atoms with van der Waals surface area (Å²) in [5.41, 5.74) is 7.09. The first-order chi connectivity index (χ1) is 10.8. The van der Waals surface area contributed by atoms with Crippen LogP contribution in [-0.2, 0) is 6.42 Å². The van der Waals surface area contributed by atoms with Crippen LogP contribution in [0.3, 0.4) is 0 Å². The van der Waals surface area contributed by atoms with Crippen LogP contribution >= 0.6 is 0 Å². The molecule has 0 spiro atoms. The van der Waals surface area contributed by atoms with Crippen LogP contribution in [0.25, 0.3) is 5.57 Å². The summed E-state index contributed by atoms with van der Waals surface area (Å²) in [6.07, 6.45) is 9.93. The summed E-state index contributed by atoms with van der Waals surface area (Å²) in [4.78, 5) is 0. The van der Waals surface area contributed by atoms with Crippen LogP contribution in [0.4, 0.5) is 0 Å². The fourth-order valence-electron chi connectivity index (χ4n) is 3.87. The first kappa shape index (κ1) is 13.6. The molecule has 2 aliphatic carbocycles. The lowest BCUT2D eigenvalue weighted by atomic mass is 9.76. The maximum atomic E-state index is 5.52. The smallest absolute Gasteiger partial charge is 0.161 e. The fourth-order valence-corrected chi connectivity index (χ4v) is 3.87. The average molecular weight is 295 g/mol. The summed E-state index contributed by atoms with van der Waals surface area (Å²) in [7, 11) is 3.41. The van der Waals surface area contributed by atoms with Crippen molar-refractivity contribution in [2.24, 2.45) is 0 Å². The summed E-state index contributed by atoms with van der Waals surface area (Å²) in [5.74, 6) is 1.64. The average Bonchev–Trinajstić information content (AvgIpc) is 2.59. The van der Waals surface area contributed by atoms with Crippen LogP contribution < -0.4 is 14.8 Å². The van der Waals surface area contributed by atoms with Gasteiger partial charge >= 0.3 is 0 Å². The molecule has 0 aromatic heterocycles. The van der Waals surface area contributed by atoms with Crippen molar-refractivity contribution in [3.63, 3.8) is 0 Å². The molecule has 0 saturated heterocycles. The molecule has 114 valence electrons. The summed E-state index contributed by atoms with van der Waals surface area (Å²) < 4.78 is 11.0. The molecule has 0 fully saturated rings. The predicted molar refractivity (Wildman–Crippen MR) is 88.4 cm³/mol. The van der Waals surface area contributed by atoms with Gasteiger partial charge < -0.3 is 14.8 Å². The van der Waals surface area contributed by atoms with E-state index in [2.05, 4.69) is 35.7 Å². The van der Waals surface area contributed by atoms with Gasteiger partial charge in [-0.25, -0.2) is 0 Å². The maximum Gasteiger partial charge on any atom is 0.161 e. The van der Waals surface area contributed by atoms with Gasteiger partial charge in [0.25, 0.3) is 0 Å². The number of fused-ring (bicyclic) bond motifs is 4. The minimum atomic E-state index is 0.462. The van der Waals surface area contributed by atoms with Crippen LogP contribution in [0, 0.1) is 0 Å². The van der Waals surface area contributed by atoms with Gasteiger partial charge in [-0.2, -0.15) is 0 Å². The number of nitrogens with one attached hydrogen (secondary N) is 1. The minimum Gasteiger partial charge on any atom is -0.493 e. The topological polar surface area (TPSA) is 30.5 Å². The fraction of sp³-hybridized carbons (Fsp3) is 0.368. The molecule has 22 heavy (non-hydrogen) atoms. The molecule has 4 rings (SSSR count). The Morgan fingerprint density at radius 1 is 1.14 bits per heavy atom. The molecule has 1 heterocycles. The van der Waals surface area contributed by atoms with Crippen LogP contribution in [-0.4, -0.2) is 26.8 Å². The van der Waals surface area contributed by atoms with Crippen molar-refractivity contribution in [3.05, 3.63) is 52.6 Å². The molecular weight excluding hydrogens is 274 g/mol. The molecule has 0 amide bonds. The third-order valence-electron chi connectivity index (χ3n) is 4.96. The van der Waals surface area contributed by atoms with E-state index in [-0.39, 0.29) is 0 Å². The zero-order chi connectivity index (χ0) is 15.1. The van der Waals surface area contributed by atoms with Crippen molar-refractivity contribution in [3.8, 4) is 11.5 Å². The van der Waals surface area contributed by atoms with E-state index in [4.69, 9.17) is 9.47 Å². The first-order valence-corrected chi connectivity index (χ1v) is 7.89. The van der Waals surface area contributed by atoms with Gasteiger partial charge in [0.15, 0.2) is 11.5 Å². The Labute approximate surface area is 131 Å². The Morgan fingerprint density at radius 2 is 1.95 bits per heavy atom. The normalized spacial score (nSPS) is 22.5. The summed E-state index contributed by atoms with van der Waals surface area (Å²) in [6, 6.07) is 4.77. The Bertz CT molecular complexity index is 712. The van der Waals surface area contributed by atoms with E-state index in [1.165, 1.54) is 27.8 Å². The number of rotatable bonds is 2. The van der Waals surface area contributed by atoms with Crippen molar-refractivity contribution in [2.45, 2.75) is 25.3 Å². The van der Waals surface area contributed by atoms with Crippen LogP contribution in [0.2, 0.25) is 0 Å². The Balaban J connectivity index is 1.92. The van der Waals surface area contributed by atoms with Gasteiger partial charge in [-0.3, -0.25) is 0 Å². The molecule has 1 aliphatic heterocycles. The van der Waals surface area contributed by atoms with Crippen molar-refractivity contribution in [1.82, 2.24) is 5.32 Å². The lowest BCUT2D eigenvalue weighted by molar-refractivity contribution is 0.354. The zero-order valence-corrected chi connectivity index (χ0v) is 13.1.